The molecule has 1 aromatic heterocycles. The van der Waals surface area contributed by atoms with Crippen LogP contribution in [0.3, 0.4) is 0 Å². The number of nitrogens with one attached hydrogen (secondary N) is 2. The summed E-state index contributed by atoms with van der Waals surface area (Å²) in [6, 6.07) is 15.0. The van der Waals surface area contributed by atoms with E-state index in [4.69, 9.17) is 4.74 Å². The molecule has 0 unspecified atom stereocenters. The first-order valence-electron chi connectivity index (χ1n) is 11.3. The van der Waals surface area contributed by atoms with E-state index in [2.05, 4.69) is 20.8 Å². The van der Waals surface area contributed by atoms with Crippen LogP contribution in [0.15, 0.2) is 67.0 Å². The van der Waals surface area contributed by atoms with Crippen molar-refractivity contribution < 1.29 is 23.1 Å². The Morgan fingerprint density at radius 3 is 2.51 bits per heavy atom. The quantitative estimate of drug-likeness (QED) is 0.434. The van der Waals surface area contributed by atoms with Crippen molar-refractivity contribution in [3.8, 4) is 0 Å². The predicted molar refractivity (Wildman–Crippen MR) is 126 cm³/mol. The Hall–Kier alpha value is -3.72. The van der Waals surface area contributed by atoms with E-state index in [0.29, 0.717) is 30.0 Å². The third-order valence-electron chi connectivity index (χ3n) is 6.08. The van der Waals surface area contributed by atoms with Crippen LogP contribution >= 0.6 is 0 Å². The Bertz CT molecular complexity index is 1180. The number of para-hydroxylation sites is 1. The van der Waals surface area contributed by atoms with Crippen LogP contribution in [0.25, 0.3) is 0 Å². The average molecular weight is 481 g/mol. The molecule has 1 fully saturated rings. The number of ketones is 1. The number of benzene rings is 2. The van der Waals surface area contributed by atoms with Gasteiger partial charge < -0.3 is 15.4 Å². The molecule has 35 heavy (non-hydrogen) atoms. The van der Waals surface area contributed by atoms with Gasteiger partial charge in [-0.1, -0.05) is 30.3 Å². The molecule has 7 nitrogen and oxygen atoms in total. The third kappa shape index (κ3) is 5.86. The lowest BCUT2D eigenvalue weighted by Crippen LogP contribution is -2.42. The fourth-order valence-electron chi connectivity index (χ4n) is 4.08. The minimum Gasteiger partial charge on any atom is -0.380 e. The second kappa shape index (κ2) is 10.3. The van der Waals surface area contributed by atoms with Crippen molar-refractivity contribution in [2.75, 3.05) is 18.5 Å². The first-order valence-corrected chi connectivity index (χ1v) is 11.3. The van der Waals surface area contributed by atoms with Gasteiger partial charge in [-0.25, -0.2) is 8.78 Å². The Morgan fingerprint density at radius 1 is 1.09 bits per heavy atom. The standard InChI is InChI=1S/C26H26F2N4O3/c1-25(27,28)21-4-2-3-5-22(21)32-20-8-6-18(7-9-20)15-29-24(34)26(11-13-35-17-26)14-23(33)19-10-12-30-31-16-19/h2-10,12,16,32H,11,13-15,17H2,1H3,(H,29,34)/t26-/m0/s1. The Labute approximate surface area is 201 Å². The number of ether oxygens (including phenoxy) is 1. The summed E-state index contributed by atoms with van der Waals surface area (Å²) in [5, 5.41) is 13.4. The Kier molecular flexibility index (Phi) is 7.16. The smallest absolute Gasteiger partial charge is 0.272 e. The van der Waals surface area contributed by atoms with E-state index < -0.39 is 11.3 Å². The van der Waals surface area contributed by atoms with Gasteiger partial charge in [-0.2, -0.15) is 10.2 Å². The van der Waals surface area contributed by atoms with Crippen molar-refractivity contribution in [1.82, 2.24) is 15.5 Å². The van der Waals surface area contributed by atoms with Crippen LogP contribution in [0.2, 0.25) is 0 Å². The Morgan fingerprint density at radius 2 is 1.86 bits per heavy atom. The number of nitrogens with zero attached hydrogens (tertiary/aromatic N) is 2. The number of alkyl halides is 2. The van der Waals surface area contributed by atoms with Crippen molar-refractivity contribution in [3.05, 3.63) is 83.7 Å². The fraction of sp³-hybridized carbons (Fsp3) is 0.308. The number of halogens is 2. The highest BCUT2D eigenvalue weighted by Crippen LogP contribution is 2.35. The lowest BCUT2D eigenvalue weighted by Gasteiger charge is -2.25. The molecule has 0 spiro atoms. The molecule has 9 heteroatoms. The third-order valence-corrected chi connectivity index (χ3v) is 6.08. The van der Waals surface area contributed by atoms with Gasteiger partial charge in [-0.05, 0) is 36.2 Å². The van der Waals surface area contributed by atoms with Crippen LogP contribution in [0.5, 0.6) is 0 Å². The van der Waals surface area contributed by atoms with Gasteiger partial charge in [0.15, 0.2) is 5.78 Å². The molecule has 0 saturated carbocycles. The van der Waals surface area contributed by atoms with Gasteiger partial charge in [0.25, 0.3) is 5.92 Å². The van der Waals surface area contributed by atoms with Gasteiger partial charge in [0.05, 0.1) is 24.4 Å². The summed E-state index contributed by atoms with van der Waals surface area (Å²) < 4.78 is 33.2. The van der Waals surface area contributed by atoms with Gasteiger partial charge in [0, 0.05) is 49.0 Å². The minimum atomic E-state index is -2.97. The highest BCUT2D eigenvalue weighted by molar-refractivity contribution is 5.99. The molecule has 1 aliphatic rings. The van der Waals surface area contributed by atoms with Crippen LogP contribution < -0.4 is 10.6 Å². The number of carbonyl (C=O) groups excluding carboxylic acids is 2. The van der Waals surface area contributed by atoms with Crippen molar-refractivity contribution >= 4 is 23.1 Å². The highest BCUT2D eigenvalue weighted by atomic mass is 19.3. The van der Waals surface area contributed by atoms with Gasteiger partial charge >= 0.3 is 0 Å². The van der Waals surface area contributed by atoms with Crippen LogP contribution in [-0.2, 0) is 22.0 Å². The first-order chi connectivity index (χ1) is 16.8. The van der Waals surface area contributed by atoms with Gasteiger partial charge in [0.2, 0.25) is 5.91 Å². The van der Waals surface area contributed by atoms with Crippen molar-refractivity contribution in [2.45, 2.75) is 32.2 Å². The lowest BCUT2D eigenvalue weighted by molar-refractivity contribution is -0.131. The molecular weight excluding hydrogens is 454 g/mol. The average Bonchev–Trinajstić information content (AvgIpc) is 3.33. The van der Waals surface area contributed by atoms with E-state index in [9.17, 15) is 18.4 Å². The van der Waals surface area contributed by atoms with Crippen LogP contribution in [0.4, 0.5) is 20.2 Å². The topological polar surface area (TPSA) is 93.2 Å². The number of anilines is 2. The number of hydrogen-bond acceptors (Lipinski definition) is 6. The van der Waals surface area contributed by atoms with E-state index in [-0.39, 0.29) is 36.8 Å². The molecule has 182 valence electrons. The van der Waals surface area contributed by atoms with E-state index in [1.165, 1.54) is 18.5 Å². The lowest BCUT2D eigenvalue weighted by atomic mass is 9.80. The minimum absolute atomic E-state index is 0.0227. The van der Waals surface area contributed by atoms with Gasteiger partial charge in [-0.15, -0.1) is 0 Å². The SMILES string of the molecule is CC(F)(F)c1ccccc1Nc1ccc(CNC(=O)[C@]2(CC(=O)c3ccnnc3)CCOC2)cc1. The zero-order valence-electron chi connectivity index (χ0n) is 19.3. The Balaban J connectivity index is 1.38. The molecule has 2 N–H and O–H groups in total. The maximum atomic E-state index is 13.9. The van der Waals surface area contributed by atoms with Crippen molar-refractivity contribution in [2.24, 2.45) is 5.41 Å². The highest BCUT2D eigenvalue weighted by Gasteiger charge is 2.44. The molecule has 1 amide bonds. The van der Waals surface area contributed by atoms with Gasteiger partial charge in [0.1, 0.15) is 0 Å². The molecular formula is C26H26F2N4O3. The number of amides is 1. The molecule has 4 rings (SSSR count). The van der Waals surface area contributed by atoms with Crippen molar-refractivity contribution in [3.63, 3.8) is 0 Å². The molecule has 1 saturated heterocycles. The molecule has 0 aliphatic carbocycles. The second-order valence-electron chi connectivity index (χ2n) is 8.75. The number of Topliss-reactive ketones (excluding diaryl/α,β-unsaturated/α-hetero) is 1. The first kappa shape index (κ1) is 24.4. The predicted octanol–water partition coefficient (Wildman–Crippen LogP) is 4.63. The molecule has 3 aromatic rings. The normalized spacial score (nSPS) is 17.7. The van der Waals surface area contributed by atoms with E-state index in [1.807, 2.05) is 0 Å². The zero-order chi connectivity index (χ0) is 24.9. The summed E-state index contributed by atoms with van der Waals surface area (Å²) >= 11 is 0. The molecule has 0 radical (unpaired) electrons. The number of aromatic nitrogens is 2. The number of carbonyl (C=O) groups is 2. The monoisotopic (exact) mass is 480 g/mol. The summed E-state index contributed by atoms with van der Waals surface area (Å²) in [5.74, 6) is -3.40. The summed E-state index contributed by atoms with van der Waals surface area (Å²) in [4.78, 5) is 25.8. The fourth-order valence-corrected chi connectivity index (χ4v) is 4.08. The summed E-state index contributed by atoms with van der Waals surface area (Å²) in [5.41, 5.74) is 1.20. The van der Waals surface area contributed by atoms with Crippen molar-refractivity contribution in [1.29, 1.82) is 0 Å². The maximum absolute atomic E-state index is 13.9. The van der Waals surface area contributed by atoms with E-state index >= 15 is 0 Å². The van der Waals surface area contributed by atoms with Crippen LogP contribution in [0, 0.1) is 5.41 Å². The van der Waals surface area contributed by atoms with Gasteiger partial charge in [-0.3, -0.25) is 9.59 Å². The summed E-state index contributed by atoms with van der Waals surface area (Å²) in [7, 11) is 0. The largest absolute Gasteiger partial charge is 0.380 e. The van der Waals surface area contributed by atoms with Crippen LogP contribution in [0.1, 0.15) is 41.3 Å². The second-order valence-corrected chi connectivity index (χ2v) is 8.75. The molecule has 2 heterocycles. The molecule has 0 bridgehead atoms. The number of hydrogen-bond donors (Lipinski definition) is 2. The molecule has 1 atom stereocenters. The number of rotatable bonds is 9. The maximum Gasteiger partial charge on any atom is 0.272 e. The summed E-state index contributed by atoms with van der Waals surface area (Å²) in [6.45, 7) is 1.71. The van der Waals surface area contributed by atoms with Crippen LogP contribution in [-0.4, -0.2) is 35.1 Å². The van der Waals surface area contributed by atoms with E-state index in [1.54, 1.807) is 48.5 Å². The molecule has 2 aromatic carbocycles. The zero-order valence-corrected chi connectivity index (χ0v) is 19.3. The molecule has 1 aliphatic heterocycles. The summed E-state index contributed by atoms with van der Waals surface area (Å²) in [6.07, 6.45) is 3.30. The van der Waals surface area contributed by atoms with E-state index in [0.717, 1.165) is 12.5 Å².